The monoisotopic (exact) mass is 396 g/mol. The molecule has 5 nitrogen and oxygen atoms in total. The number of sulfonamides is 1. The summed E-state index contributed by atoms with van der Waals surface area (Å²) in [5, 5.41) is 0.140. The maximum absolute atomic E-state index is 12.7. The maximum Gasteiger partial charge on any atom is 1.00 e. The van der Waals surface area contributed by atoms with Crippen molar-refractivity contribution in [2.45, 2.75) is 13.3 Å². The first-order valence-electron chi connectivity index (χ1n) is 7.08. The van der Waals surface area contributed by atoms with E-state index in [1.165, 1.54) is 22.7 Å². The zero-order chi connectivity index (χ0) is 17.0. The zero-order valence-corrected chi connectivity index (χ0v) is 18.5. The molecule has 0 saturated carbocycles. The van der Waals surface area contributed by atoms with Crippen LogP contribution in [0.1, 0.15) is 19.0 Å². The molecule has 1 aromatic heterocycles. The Morgan fingerprint density at radius 3 is 2.75 bits per heavy atom. The fourth-order valence-electron chi connectivity index (χ4n) is 2.36. The fourth-order valence-corrected chi connectivity index (χ4v) is 3.48. The van der Waals surface area contributed by atoms with Crippen molar-refractivity contribution >= 4 is 27.8 Å². The summed E-state index contributed by atoms with van der Waals surface area (Å²) in [6, 6.07) is 2.70. The van der Waals surface area contributed by atoms with Crippen LogP contribution < -0.4 is 51.4 Å². The average Bonchev–Trinajstić information content (AvgIpc) is 2.48. The van der Waals surface area contributed by atoms with E-state index in [0.29, 0.717) is 25.2 Å². The molecule has 1 aliphatic heterocycles. The molecule has 0 bridgehead atoms. The predicted octanol–water partition coefficient (Wildman–Crippen LogP) is -0.678. The van der Waals surface area contributed by atoms with Crippen LogP contribution in [-0.2, 0) is 10.0 Å². The Balaban J connectivity index is 0.00000288. The molecule has 0 spiro atoms. The van der Waals surface area contributed by atoms with Gasteiger partial charge in [0.15, 0.2) is 0 Å². The molecule has 2 heterocycles. The number of rotatable bonds is 4. The number of hydrogen-bond acceptors (Lipinski definition) is 4. The van der Waals surface area contributed by atoms with Crippen LogP contribution in [0.25, 0.3) is 0 Å². The summed E-state index contributed by atoms with van der Waals surface area (Å²) in [7, 11) is -3.17. The van der Waals surface area contributed by atoms with E-state index in [0.717, 1.165) is 6.20 Å². The second-order valence-corrected chi connectivity index (χ2v) is 7.85. The molecule has 1 aromatic rings. The number of nitrogens with zero attached hydrogens (tertiary/aromatic N) is 3. The molecule has 2 atom stereocenters. The standard InChI is InChI=1S/C15H17ClFN3O2S.K/c1-11-10-20(23(2,21)22)6-5-12(11)7-15(16)19-9-14-4-3-13(17)8-18-14;/h3-4,8,11-12H,5-6,10H2,1-2H3;/q-2;+1/t11-,12-;/m0./s1. The molecule has 126 valence electrons. The predicted molar refractivity (Wildman–Crippen MR) is 87.0 cm³/mol. The third kappa shape index (κ3) is 6.91. The van der Waals surface area contributed by atoms with Crippen molar-refractivity contribution < 1.29 is 64.2 Å². The quantitative estimate of drug-likeness (QED) is 0.293. The second-order valence-electron chi connectivity index (χ2n) is 5.51. The van der Waals surface area contributed by atoms with E-state index in [-0.39, 0.29) is 68.4 Å². The zero-order valence-electron chi connectivity index (χ0n) is 13.8. The normalized spacial score (nSPS) is 23.2. The summed E-state index contributed by atoms with van der Waals surface area (Å²) in [6.07, 6.45) is 8.59. The van der Waals surface area contributed by atoms with E-state index in [4.69, 9.17) is 11.6 Å². The number of aliphatic imine (C=N–C) groups is 1. The van der Waals surface area contributed by atoms with Crippen LogP contribution in [0, 0.1) is 23.7 Å². The Hall–Kier alpha value is 0.326. The third-order valence-electron chi connectivity index (χ3n) is 3.64. The molecule has 0 aromatic carbocycles. The molecule has 1 fully saturated rings. The van der Waals surface area contributed by atoms with Crippen LogP contribution >= 0.6 is 11.6 Å². The van der Waals surface area contributed by atoms with E-state index >= 15 is 0 Å². The van der Waals surface area contributed by atoms with Crippen molar-refractivity contribution in [3.05, 3.63) is 41.1 Å². The van der Waals surface area contributed by atoms with Gasteiger partial charge in [0.25, 0.3) is 0 Å². The van der Waals surface area contributed by atoms with Gasteiger partial charge in [0.05, 0.1) is 12.5 Å². The minimum atomic E-state index is -3.17. The molecule has 0 radical (unpaired) electrons. The Labute approximate surface area is 189 Å². The molecule has 0 N–H and O–H groups in total. The van der Waals surface area contributed by atoms with Crippen LogP contribution in [0.5, 0.6) is 0 Å². The summed E-state index contributed by atoms with van der Waals surface area (Å²) in [5.74, 6) is -0.325. The van der Waals surface area contributed by atoms with Crippen molar-refractivity contribution in [1.29, 1.82) is 0 Å². The first-order valence-corrected chi connectivity index (χ1v) is 9.31. The summed E-state index contributed by atoms with van der Waals surface area (Å²) in [6.45, 7) is 2.83. The van der Waals surface area contributed by atoms with Crippen LogP contribution in [0.15, 0.2) is 28.5 Å². The van der Waals surface area contributed by atoms with Crippen LogP contribution in [0.4, 0.5) is 4.39 Å². The van der Waals surface area contributed by atoms with Crippen molar-refractivity contribution in [2.24, 2.45) is 16.8 Å². The molecule has 1 aliphatic rings. The summed E-state index contributed by atoms with van der Waals surface area (Å²) in [4.78, 5) is 7.72. The van der Waals surface area contributed by atoms with Crippen LogP contribution in [0.3, 0.4) is 0 Å². The minimum Gasteiger partial charge on any atom is -0.526 e. The Kier molecular flexibility index (Phi) is 9.20. The van der Waals surface area contributed by atoms with Crippen molar-refractivity contribution in [3.8, 4) is 0 Å². The van der Waals surface area contributed by atoms with Gasteiger partial charge in [0.2, 0.25) is 10.0 Å². The van der Waals surface area contributed by atoms with Gasteiger partial charge in [0.1, 0.15) is 5.82 Å². The van der Waals surface area contributed by atoms with E-state index < -0.39 is 15.8 Å². The van der Waals surface area contributed by atoms with E-state index in [2.05, 4.69) is 22.3 Å². The Bertz CT molecular complexity index is 710. The largest absolute Gasteiger partial charge is 1.00 e. The van der Waals surface area contributed by atoms with E-state index in [9.17, 15) is 12.8 Å². The number of hydrogen-bond donors (Lipinski definition) is 0. The van der Waals surface area contributed by atoms with Gasteiger partial charge in [-0.1, -0.05) is 31.5 Å². The van der Waals surface area contributed by atoms with Gasteiger partial charge in [-0.05, 0) is 5.69 Å². The molecule has 2 rings (SSSR count). The first kappa shape index (κ1) is 22.4. The molecular weight excluding hydrogens is 380 g/mol. The molecule has 9 heteroatoms. The van der Waals surface area contributed by atoms with E-state index in [1.807, 2.05) is 6.92 Å². The van der Waals surface area contributed by atoms with Crippen LogP contribution in [0.2, 0.25) is 0 Å². The van der Waals surface area contributed by atoms with Crippen molar-refractivity contribution in [1.82, 2.24) is 9.29 Å². The molecule has 0 amide bonds. The smallest absolute Gasteiger partial charge is 0.526 e. The van der Waals surface area contributed by atoms with Gasteiger partial charge >= 0.3 is 51.4 Å². The van der Waals surface area contributed by atoms with E-state index in [1.54, 1.807) is 0 Å². The van der Waals surface area contributed by atoms with Gasteiger partial charge < -0.3 is 11.1 Å². The van der Waals surface area contributed by atoms with Gasteiger partial charge in [-0.25, -0.2) is 17.1 Å². The van der Waals surface area contributed by atoms with Crippen molar-refractivity contribution in [3.63, 3.8) is 0 Å². The Morgan fingerprint density at radius 1 is 1.50 bits per heavy atom. The SMILES string of the molecule is C[C@H]1CN(S(C)(=O)=O)CC[C@H]1[C-]=C(Cl)N=[C-]c1ccc(F)cn1.[K+]. The summed E-state index contributed by atoms with van der Waals surface area (Å²) < 4.78 is 37.3. The molecule has 1 saturated heterocycles. The van der Waals surface area contributed by atoms with Gasteiger partial charge in [-0.15, -0.1) is 6.07 Å². The second kappa shape index (κ2) is 9.87. The third-order valence-corrected chi connectivity index (χ3v) is 5.10. The number of pyridine rings is 1. The van der Waals surface area contributed by atoms with Gasteiger partial charge in [0, 0.05) is 13.1 Å². The average molecular weight is 397 g/mol. The number of piperidine rings is 1. The molecule has 0 unspecified atom stereocenters. The number of allylic oxidation sites excluding steroid dienone is 1. The molecule has 24 heavy (non-hydrogen) atoms. The Morgan fingerprint density at radius 2 is 2.21 bits per heavy atom. The molecule has 0 aliphatic carbocycles. The number of aromatic nitrogens is 1. The van der Waals surface area contributed by atoms with Crippen LogP contribution in [-0.4, -0.2) is 43.3 Å². The summed E-state index contributed by atoms with van der Waals surface area (Å²) in [5.41, 5.74) is 0.367. The first-order chi connectivity index (χ1) is 10.8. The maximum atomic E-state index is 12.7. The van der Waals surface area contributed by atoms with Gasteiger partial charge in [-0.3, -0.25) is 4.98 Å². The number of halogens is 2. The minimum absolute atomic E-state index is 0. The summed E-state index contributed by atoms with van der Waals surface area (Å²) >= 11 is 6.03. The molecular formula is C15H17ClFKN3O2S-. The van der Waals surface area contributed by atoms with Crippen molar-refractivity contribution in [2.75, 3.05) is 19.3 Å². The van der Waals surface area contributed by atoms with Gasteiger partial charge in [-0.2, -0.15) is 22.7 Å². The topological polar surface area (TPSA) is 62.6 Å². The fraction of sp³-hybridized carbons (Fsp3) is 0.467.